The summed E-state index contributed by atoms with van der Waals surface area (Å²) >= 11 is 0. The monoisotopic (exact) mass is 396 g/mol. The van der Waals surface area contributed by atoms with Gasteiger partial charge in [0.1, 0.15) is 18.4 Å². The Balaban J connectivity index is 1.30. The average Bonchev–Trinajstić information content (AvgIpc) is 2.71. The van der Waals surface area contributed by atoms with Gasteiger partial charge in [-0.05, 0) is 119 Å². The van der Waals surface area contributed by atoms with Gasteiger partial charge in [-0.15, -0.1) is 0 Å². The van der Waals surface area contributed by atoms with Gasteiger partial charge in [0, 0.05) is 0 Å². The predicted molar refractivity (Wildman–Crippen MR) is 111 cm³/mol. The molecule has 5 aliphatic rings. The summed E-state index contributed by atoms with van der Waals surface area (Å²) in [6.07, 6.45) is 12.3. The molecule has 1 nitrogen and oxygen atoms in total. The summed E-state index contributed by atoms with van der Waals surface area (Å²) in [5, 5.41) is 0. The van der Waals surface area contributed by atoms with Crippen molar-refractivity contribution in [2.24, 2.45) is 28.6 Å². The van der Waals surface area contributed by atoms with Crippen LogP contribution in [-0.2, 0) is 4.74 Å². The van der Waals surface area contributed by atoms with Gasteiger partial charge in [-0.1, -0.05) is 13.8 Å². The molecular weight excluding hydrogens is 354 g/mol. The number of halogens is 2. The summed E-state index contributed by atoms with van der Waals surface area (Å²) in [4.78, 5) is 0. The Morgan fingerprint density at radius 1 is 0.857 bits per heavy atom. The normalized spacial score (nSPS) is 50.5. The molecule has 0 saturated heterocycles. The zero-order chi connectivity index (χ0) is 19.9. The third-order valence-corrected chi connectivity index (χ3v) is 9.72. The molecule has 2 bridgehead atoms. The maximum atomic E-state index is 14.8. The quantitative estimate of drug-likeness (QED) is 0.470. The molecule has 0 aliphatic heterocycles. The first-order valence-corrected chi connectivity index (χ1v) is 12.3. The van der Waals surface area contributed by atoms with Gasteiger partial charge in [0.15, 0.2) is 0 Å². The molecule has 5 rings (SSSR count). The Hall–Kier alpha value is -0.180. The molecule has 3 unspecified atom stereocenters. The van der Waals surface area contributed by atoms with Crippen LogP contribution in [0.4, 0.5) is 8.78 Å². The molecule has 0 radical (unpaired) electrons. The third kappa shape index (κ3) is 4.03. The zero-order valence-electron chi connectivity index (χ0n) is 18.4. The third-order valence-electron chi connectivity index (χ3n) is 9.72. The second-order valence-corrected chi connectivity index (χ2v) is 11.4. The minimum absolute atomic E-state index is 0.0550. The molecule has 0 aromatic rings. The summed E-state index contributed by atoms with van der Waals surface area (Å²) in [7, 11) is 0. The van der Waals surface area contributed by atoms with Crippen molar-refractivity contribution in [1.82, 2.24) is 0 Å². The van der Waals surface area contributed by atoms with Crippen molar-refractivity contribution in [3.8, 4) is 0 Å². The summed E-state index contributed by atoms with van der Waals surface area (Å²) in [5.41, 5.74) is 1.26. The van der Waals surface area contributed by atoms with E-state index in [0.29, 0.717) is 29.6 Å². The summed E-state index contributed by atoms with van der Waals surface area (Å²) in [6.45, 7) is 6.42. The molecule has 0 aromatic carbocycles. The van der Waals surface area contributed by atoms with E-state index in [-0.39, 0.29) is 12.0 Å². The zero-order valence-corrected chi connectivity index (χ0v) is 18.4. The molecular formula is C25H42F2O. The fourth-order valence-electron chi connectivity index (χ4n) is 7.31. The highest BCUT2D eigenvalue weighted by molar-refractivity contribution is 5.02. The van der Waals surface area contributed by atoms with E-state index in [0.717, 1.165) is 12.3 Å². The molecule has 5 saturated carbocycles. The second kappa shape index (κ2) is 8.16. The summed E-state index contributed by atoms with van der Waals surface area (Å²) in [6, 6.07) is 0. The van der Waals surface area contributed by atoms with Crippen molar-refractivity contribution in [2.45, 2.75) is 129 Å². The molecule has 0 heterocycles. The Bertz CT molecular complexity index is 490. The Kier molecular flexibility index (Phi) is 6.14. The number of ether oxygens (including phenoxy) is 1. The Morgan fingerprint density at radius 3 is 1.89 bits per heavy atom. The second-order valence-electron chi connectivity index (χ2n) is 11.4. The standard InChI is InChI=1S/C25H42F2O/c1-4-17(2)28-23-21(26)15-19(16-22(23)27)18-5-7-20(8-6-18)25-12-9-24(3,10-13-25)11-14-25/h17-23H,4-16H2,1-3H3. The smallest absolute Gasteiger partial charge is 0.129 e. The maximum Gasteiger partial charge on any atom is 0.129 e. The molecule has 0 aromatic heterocycles. The van der Waals surface area contributed by atoms with Gasteiger partial charge >= 0.3 is 0 Å². The van der Waals surface area contributed by atoms with E-state index in [1.165, 1.54) is 64.2 Å². The van der Waals surface area contributed by atoms with Crippen LogP contribution in [0, 0.1) is 28.6 Å². The van der Waals surface area contributed by atoms with Crippen molar-refractivity contribution in [1.29, 1.82) is 0 Å². The maximum absolute atomic E-state index is 14.8. The van der Waals surface area contributed by atoms with Crippen LogP contribution < -0.4 is 0 Å². The lowest BCUT2D eigenvalue weighted by Gasteiger charge is -2.57. The fraction of sp³-hybridized carbons (Fsp3) is 1.00. The highest BCUT2D eigenvalue weighted by atomic mass is 19.1. The van der Waals surface area contributed by atoms with Crippen LogP contribution in [0.25, 0.3) is 0 Å². The molecule has 0 amide bonds. The SMILES string of the molecule is CCC(C)OC1C(F)CC(C2CCC(C34CCC(C)(CC3)CC4)CC2)CC1F. The summed E-state index contributed by atoms with van der Waals surface area (Å²) < 4.78 is 35.2. The van der Waals surface area contributed by atoms with Gasteiger partial charge in [-0.25, -0.2) is 8.78 Å². The Labute approximate surface area is 171 Å². The van der Waals surface area contributed by atoms with Crippen molar-refractivity contribution < 1.29 is 13.5 Å². The first-order valence-electron chi connectivity index (χ1n) is 12.3. The molecule has 0 spiro atoms. The van der Waals surface area contributed by atoms with Gasteiger partial charge < -0.3 is 4.74 Å². The lowest BCUT2D eigenvalue weighted by molar-refractivity contribution is -0.118. The Morgan fingerprint density at radius 2 is 1.39 bits per heavy atom. The number of hydrogen-bond donors (Lipinski definition) is 0. The van der Waals surface area contributed by atoms with Gasteiger partial charge in [0.05, 0.1) is 6.10 Å². The largest absolute Gasteiger partial charge is 0.369 e. The van der Waals surface area contributed by atoms with E-state index < -0.39 is 18.4 Å². The van der Waals surface area contributed by atoms with E-state index in [9.17, 15) is 8.78 Å². The molecule has 0 N–H and O–H groups in total. The number of alkyl halides is 2. The van der Waals surface area contributed by atoms with E-state index in [1.807, 2.05) is 13.8 Å². The van der Waals surface area contributed by atoms with Crippen LogP contribution in [0.15, 0.2) is 0 Å². The minimum atomic E-state index is -1.13. The van der Waals surface area contributed by atoms with Crippen molar-refractivity contribution in [2.75, 3.05) is 0 Å². The van der Waals surface area contributed by atoms with Crippen molar-refractivity contribution >= 4 is 0 Å². The number of rotatable bonds is 5. The number of hydrogen-bond acceptors (Lipinski definition) is 1. The minimum Gasteiger partial charge on any atom is -0.369 e. The van der Waals surface area contributed by atoms with Gasteiger partial charge in [0.2, 0.25) is 0 Å². The van der Waals surface area contributed by atoms with Crippen LogP contribution in [0.5, 0.6) is 0 Å². The van der Waals surface area contributed by atoms with Crippen LogP contribution >= 0.6 is 0 Å². The van der Waals surface area contributed by atoms with Gasteiger partial charge in [0.25, 0.3) is 0 Å². The lowest BCUT2D eigenvalue weighted by Crippen LogP contribution is -2.47. The molecule has 3 heteroatoms. The van der Waals surface area contributed by atoms with Crippen LogP contribution in [0.1, 0.15) is 104 Å². The van der Waals surface area contributed by atoms with Gasteiger partial charge in [-0.3, -0.25) is 0 Å². The highest BCUT2D eigenvalue weighted by Crippen LogP contribution is 2.62. The molecule has 5 aliphatic carbocycles. The molecule has 162 valence electrons. The summed E-state index contributed by atoms with van der Waals surface area (Å²) in [5.74, 6) is 1.63. The molecule has 28 heavy (non-hydrogen) atoms. The van der Waals surface area contributed by atoms with Crippen molar-refractivity contribution in [3.05, 3.63) is 0 Å². The van der Waals surface area contributed by atoms with Crippen molar-refractivity contribution in [3.63, 3.8) is 0 Å². The van der Waals surface area contributed by atoms with E-state index in [1.54, 1.807) is 0 Å². The molecule has 5 fully saturated rings. The van der Waals surface area contributed by atoms with E-state index in [2.05, 4.69) is 6.92 Å². The lowest BCUT2D eigenvalue weighted by atomic mass is 9.48. The van der Waals surface area contributed by atoms with E-state index in [4.69, 9.17) is 4.74 Å². The predicted octanol–water partition coefficient (Wildman–Crippen LogP) is 7.42. The topological polar surface area (TPSA) is 9.23 Å². The van der Waals surface area contributed by atoms with E-state index >= 15 is 0 Å². The van der Waals surface area contributed by atoms with Crippen LogP contribution in [0.2, 0.25) is 0 Å². The number of fused-ring (bicyclic) bond motifs is 3. The first kappa shape index (κ1) is 21.1. The van der Waals surface area contributed by atoms with Gasteiger partial charge in [-0.2, -0.15) is 0 Å². The first-order chi connectivity index (χ1) is 13.3. The average molecular weight is 397 g/mol. The molecule has 3 atom stereocenters. The van der Waals surface area contributed by atoms with Crippen LogP contribution in [-0.4, -0.2) is 24.6 Å². The highest BCUT2D eigenvalue weighted by Gasteiger charge is 2.51. The fourth-order valence-corrected chi connectivity index (χ4v) is 7.31. The van der Waals surface area contributed by atoms with Crippen LogP contribution in [0.3, 0.4) is 0 Å².